The normalized spacial score (nSPS) is 12.7. The van der Waals surface area contributed by atoms with Crippen LogP contribution < -0.4 is 4.74 Å². The SMILES string of the molecule is COc1ccc(/C(=C\CO)C(C)(C)C)cc1. The molecule has 1 aromatic rings. The van der Waals surface area contributed by atoms with Gasteiger partial charge in [-0.1, -0.05) is 39.0 Å². The van der Waals surface area contributed by atoms with Crippen molar-refractivity contribution in [3.8, 4) is 5.75 Å². The van der Waals surface area contributed by atoms with Gasteiger partial charge >= 0.3 is 0 Å². The molecule has 1 rings (SSSR count). The molecule has 0 aliphatic heterocycles. The largest absolute Gasteiger partial charge is 0.497 e. The molecule has 2 heteroatoms. The van der Waals surface area contributed by atoms with E-state index < -0.39 is 0 Å². The standard InChI is InChI=1S/C14H20O2/c1-14(2,3)13(9-10-15)11-5-7-12(16-4)8-6-11/h5-9,15H,10H2,1-4H3/b13-9+. The Bertz CT molecular complexity index is 355. The highest BCUT2D eigenvalue weighted by Crippen LogP contribution is 2.34. The number of aliphatic hydroxyl groups excluding tert-OH is 1. The van der Waals surface area contributed by atoms with Crippen molar-refractivity contribution in [3.05, 3.63) is 35.9 Å². The van der Waals surface area contributed by atoms with E-state index >= 15 is 0 Å². The molecule has 0 amide bonds. The number of ether oxygens (including phenoxy) is 1. The molecule has 0 aliphatic carbocycles. The van der Waals surface area contributed by atoms with E-state index in [1.165, 1.54) is 0 Å². The Hall–Kier alpha value is -1.28. The molecule has 16 heavy (non-hydrogen) atoms. The molecular weight excluding hydrogens is 200 g/mol. The second-order valence-electron chi connectivity index (χ2n) is 4.78. The van der Waals surface area contributed by atoms with Gasteiger partial charge in [-0.2, -0.15) is 0 Å². The number of hydrogen-bond acceptors (Lipinski definition) is 2. The summed E-state index contributed by atoms with van der Waals surface area (Å²) in [7, 11) is 1.66. The van der Waals surface area contributed by atoms with Crippen LogP contribution in [0.4, 0.5) is 0 Å². The second kappa shape index (κ2) is 5.17. The molecule has 0 fully saturated rings. The number of allylic oxidation sites excluding steroid dienone is 1. The molecule has 0 saturated heterocycles. The summed E-state index contributed by atoms with van der Waals surface area (Å²) < 4.78 is 5.13. The average Bonchev–Trinajstić information content (AvgIpc) is 2.25. The lowest BCUT2D eigenvalue weighted by Crippen LogP contribution is -2.09. The molecule has 0 unspecified atom stereocenters. The zero-order valence-corrected chi connectivity index (χ0v) is 10.4. The van der Waals surface area contributed by atoms with Crippen molar-refractivity contribution in [2.75, 3.05) is 13.7 Å². The Labute approximate surface area is 97.6 Å². The van der Waals surface area contributed by atoms with Gasteiger partial charge in [0, 0.05) is 0 Å². The van der Waals surface area contributed by atoms with Crippen LogP contribution in [-0.4, -0.2) is 18.8 Å². The van der Waals surface area contributed by atoms with E-state index in [0.717, 1.165) is 16.9 Å². The number of hydrogen-bond donors (Lipinski definition) is 1. The Morgan fingerprint density at radius 2 is 1.81 bits per heavy atom. The van der Waals surface area contributed by atoms with Gasteiger partial charge in [-0.15, -0.1) is 0 Å². The predicted molar refractivity (Wildman–Crippen MR) is 67.5 cm³/mol. The molecule has 1 aromatic carbocycles. The van der Waals surface area contributed by atoms with Crippen molar-refractivity contribution >= 4 is 5.57 Å². The maximum Gasteiger partial charge on any atom is 0.118 e. The van der Waals surface area contributed by atoms with Crippen LogP contribution in [0.1, 0.15) is 26.3 Å². The lowest BCUT2D eigenvalue weighted by molar-refractivity contribution is 0.341. The fraction of sp³-hybridized carbons (Fsp3) is 0.429. The van der Waals surface area contributed by atoms with Crippen LogP contribution in [0.25, 0.3) is 5.57 Å². The van der Waals surface area contributed by atoms with Crippen molar-refractivity contribution in [1.82, 2.24) is 0 Å². The molecule has 2 nitrogen and oxygen atoms in total. The van der Waals surface area contributed by atoms with Crippen LogP contribution >= 0.6 is 0 Å². The Balaban J connectivity index is 3.08. The Morgan fingerprint density at radius 1 is 1.25 bits per heavy atom. The van der Waals surface area contributed by atoms with Gasteiger partial charge in [0.15, 0.2) is 0 Å². The molecule has 0 aromatic heterocycles. The van der Waals surface area contributed by atoms with E-state index in [2.05, 4.69) is 20.8 Å². The van der Waals surface area contributed by atoms with Crippen LogP contribution in [0.3, 0.4) is 0 Å². The summed E-state index contributed by atoms with van der Waals surface area (Å²) in [6.45, 7) is 6.48. The Kier molecular flexibility index (Phi) is 4.13. The number of rotatable bonds is 3. The fourth-order valence-electron chi connectivity index (χ4n) is 1.72. The maximum atomic E-state index is 9.06. The Morgan fingerprint density at radius 3 is 2.19 bits per heavy atom. The van der Waals surface area contributed by atoms with Crippen molar-refractivity contribution in [2.45, 2.75) is 20.8 Å². The van der Waals surface area contributed by atoms with E-state index in [1.54, 1.807) is 7.11 Å². The van der Waals surface area contributed by atoms with Gasteiger partial charge in [-0.25, -0.2) is 0 Å². The van der Waals surface area contributed by atoms with E-state index in [-0.39, 0.29) is 12.0 Å². The monoisotopic (exact) mass is 220 g/mol. The third-order valence-corrected chi connectivity index (χ3v) is 2.50. The van der Waals surface area contributed by atoms with Gasteiger partial charge in [-0.3, -0.25) is 0 Å². The minimum Gasteiger partial charge on any atom is -0.497 e. The van der Waals surface area contributed by atoms with Crippen molar-refractivity contribution in [1.29, 1.82) is 0 Å². The highest BCUT2D eigenvalue weighted by molar-refractivity contribution is 5.69. The maximum absolute atomic E-state index is 9.06. The molecule has 0 saturated carbocycles. The summed E-state index contributed by atoms with van der Waals surface area (Å²) in [6, 6.07) is 7.91. The quantitative estimate of drug-likeness (QED) is 0.848. The molecule has 0 bridgehead atoms. The lowest BCUT2D eigenvalue weighted by atomic mass is 9.82. The zero-order chi connectivity index (χ0) is 12.2. The predicted octanol–water partition coefficient (Wildman–Crippen LogP) is 3.12. The van der Waals surface area contributed by atoms with E-state index in [9.17, 15) is 0 Å². The number of methoxy groups -OCH3 is 1. The summed E-state index contributed by atoms with van der Waals surface area (Å²) in [5.74, 6) is 0.848. The smallest absolute Gasteiger partial charge is 0.118 e. The van der Waals surface area contributed by atoms with Crippen molar-refractivity contribution < 1.29 is 9.84 Å². The van der Waals surface area contributed by atoms with Crippen LogP contribution in [-0.2, 0) is 0 Å². The lowest BCUT2D eigenvalue weighted by Gasteiger charge is -2.23. The first kappa shape index (κ1) is 12.8. The van der Waals surface area contributed by atoms with Crippen molar-refractivity contribution in [3.63, 3.8) is 0 Å². The van der Waals surface area contributed by atoms with E-state index in [1.807, 2.05) is 30.3 Å². The molecule has 0 heterocycles. The summed E-state index contributed by atoms with van der Waals surface area (Å²) in [4.78, 5) is 0. The first-order valence-corrected chi connectivity index (χ1v) is 5.45. The number of aliphatic hydroxyl groups is 1. The minimum atomic E-state index is 0.0251. The summed E-state index contributed by atoms with van der Waals surface area (Å²) in [5.41, 5.74) is 2.30. The molecule has 0 radical (unpaired) electrons. The average molecular weight is 220 g/mol. The fourth-order valence-corrected chi connectivity index (χ4v) is 1.72. The van der Waals surface area contributed by atoms with Gasteiger partial charge in [-0.05, 0) is 28.7 Å². The van der Waals surface area contributed by atoms with Gasteiger partial charge in [0.2, 0.25) is 0 Å². The first-order chi connectivity index (χ1) is 7.49. The first-order valence-electron chi connectivity index (χ1n) is 5.45. The summed E-state index contributed by atoms with van der Waals surface area (Å²) >= 11 is 0. The van der Waals surface area contributed by atoms with Crippen LogP contribution in [0.5, 0.6) is 5.75 Å². The van der Waals surface area contributed by atoms with Gasteiger partial charge < -0.3 is 9.84 Å². The highest BCUT2D eigenvalue weighted by atomic mass is 16.5. The van der Waals surface area contributed by atoms with E-state index in [0.29, 0.717) is 0 Å². The zero-order valence-electron chi connectivity index (χ0n) is 10.4. The summed E-state index contributed by atoms with van der Waals surface area (Å²) in [6.07, 6.45) is 1.86. The minimum absolute atomic E-state index is 0.0251. The van der Waals surface area contributed by atoms with Gasteiger partial charge in [0.1, 0.15) is 5.75 Å². The molecule has 0 aliphatic rings. The van der Waals surface area contributed by atoms with E-state index in [4.69, 9.17) is 9.84 Å². The van der Waals surface area contributed by atoms with Crippen LogP contribution in [0.2, 0.25) is 0 Å². The third kappa shape index (κ3) is 3.11. The highest BCUT2D eigenvalue weighted by Gasteiger charge is 2.18. The van der Waals surface area contributed by atoms with Gasteiger partial charge in [0.25, 0.3) is 0 Å². The second-order valence-corrected chi connectivity index (χ2v) is 4.78. The topological polar surface area (TPSA) is 29.5 Å². The molecule has 0 atom stereocenters. The third-order valence-electron chi connectivity index (χ3n) is 2.50. The van der Waals surface area contributed by atoms with Crippen LogP contribution in [0.15, 0.2) is 30.3 Å². The van der Waals surface area contributed by atoms with Gasteiger partial charge in [0.05, 0.1) is 13.7 Å². The molecular formula is C14H20O2. The number of benzene rings is 1. The van der Waals surface area contributed by atoms with Crippen molar-refractivity contribution in [2.24, 2.45) is 5.41 Å². The molecule has 88 valence electrons. The molecule has 1 N–H and O–H groups in total. The molecule has 0 spiro atoms. The summed E-state index contributed by atoms with van der Waals surface area (Å²) in [5, 5.41) is 9.06. The van der Waals surface area contributed by atoms with Crippen LogP contribution in [0, 0.1) is 5.41 Å².